The van der Waals surface area contributed by atoms with Crippen molar-refractivity contribution in [3.63, 3.8) is 0 Å². The van der Waals surface area contributed by atoms with Gasteiger partial charge in [-0.05, 0) is 105 Å². The van der Waals surface area contributed by atoms with E-state index in [0.717, 1.165) is 69.6 Å². The summed E-state index contributed by atoms with van der Waals surface area (Å²) in [6.45, 7) is 8.07. The standard InChI is InChI=1S/C39H36N2O5/c1-6-40(7-2)28-16-21-33-37(23-28)45-36-22-25(3)35(24-34(36)39(33)32-11-9-8-10-31(32)38(42)46-39)41(26-12-17-29(43-4)18-13-26)27-14-19-30(44-5)20-15-27/h8-24H,6-7H2,1-5H3. The van der Waals surface area contributed by atoms with E-state index < -0.39 is 5.60 Å². The summed E-state index contributed by atoms with van der Waals surface area (Å²) in [5.41, 5.74) is 6.56. The van der Waals surface area contributed by atoms with Crippen LogP contribution in [0.15, 0.2) is 103 Å². The van der Waals surface area contributed by atoms with Gasteiger partial charge in [-0.1, -0.05) is 18.2 Å². The van der Waals surface area contributed by atoms with E-state index in [2.05, 4.69) is 48.8 Å². The number of hydrogen-bond donors (Lipinski definition) is 0. The molecule has 232 valence electrons. The highest BCUT2D eigenvalue weighted by Gasteiger charge is 2.54. The minimum atomic E-state index is -1.19. The van der Waals surface area contributed by atoms with Gasteiger partial charge in [-0.25, -0.2) is 4.79 Å². The lowest BCUT2D eigenvalue weighted by Crippen LogP contribution is -2.33. The molecule has 0 amide bonds. The fraction of sp³-hybridized carbons (Fsp3) is 0.205. The lowest BCUT2D eigenvalue weighted by molar-refractivity contribution is 0.0224. The van der Waals surface area contributed by atoms with Gasteiger partial charge in [0.05, 0.1) is 19.8 Å². The molecule has 0 aliphatic carbocycles. The molecule has 0 saturated carbocycles. The van der Waals surface area contributed by atoms with Crippen molar-refractivity contribution in [1.82, 2.24) is 0 Å². The summed E-state index contributed by atoms with van der Waals surface area (Å²) < 4.78 is 24.2. The Bertz CT molecular complexity index is 1880. The maximum Gasteiger partial charge on any atom is 0.340 e. The van der Waals surface area contributed by atoms with Gasteiger partial charge >= 0.3 is 5.97 Å². The monoisotopic (exact) mass is 612 g/mol. The van der Waals surface area contributed by atoms with Crippen molar-refractivity contribution in [2.45, 2.75) is 26.4 Å². The van der Waals surface area contributed by atoms with E-state index in [1.54, 1.807) is 14.2 Å². The lowest BCUT2D eigenvalue weighted by atomic mass is 9.77. The van der Waals surface area contributed by atoms with Crippen LogP contribution in [0.3, 0.4) is 0 Å². The first-order chi connectivity index (χ1) is 22.4. The molecule has 5 aromatic carbocycles. The molecular weight excluding hydrogens is 576 g/mol. The maximum atomic E-state index is 13.6. The summed E-state index contributed by atoms with van der Waals surface area (Å²) in [6, 6.07) is 33.9. The average molecular weight is 613 g/mol. The third kappa shape index (κ3) is 4.53. The average Bonchev–Trinajstić information content (AvgIpc) is 3.38. The first-order valence-corrected chi connectivity index (χ1v) is 15.5. The van der Waals surface area contributed by atoms with Crippen LogP contribution in [0.4, 0.5) is 22.7 Å². The number of benzene rings is 5. The molecule has 46 heavy (non-hydrogen) atoms. The van der Waals surface area contributed by atoms with E-state index in [-0.39, 0.29) is 5.97 Å². The quantitative estimate of drug-likeness (QED) is 0.162. The van der Waals surface area contributed by atoms with E-state index in [0.29, 0.717) is 17.1 Å². The Labute approximate surface area is 269 Å². The second-order valence-corrected chi connectivity index (χ2v) is 11.4. The number of ether oxygens (including phenoxy) is 4. The normalized spacial score (nSPS) is 15.7. The third-order valence-electron chi connectivity index (χ3n) is 9.04. The highest BCUT2D eigenvalue weighted by atomic mass is 16.6. The highest BCUT2D eigenvalue weighted by Crippen LogP contribution is 2.58. The molecule has 5 aromatic rings. The van der Waals surface area contributed by atoms with Crippen molar-refractivity contribution in [2.75, 3.05) is 37.1 Å². The first-order valence-electron chi connectivity index (χ1n) is 15.5. The smallest absolute Gasteiger partial charge is 0.340 e. The van der Waals surface area contributed by atoms with Crippen molar-refractivity contribution in [1.29, 1.82) is 0 Å². The van der Waals surface area contributed by atoms with E-state index in [4.69, 9.17) is 18.9 Å². The van der Waals surface area contributed by atoms with Gasteiger partial charge in [0.2, 0.25) is 0 Å². The number of fused-ring (bicyclic) bond motifs is 6. The van der Waals surface area contributed by atoms with Crippen molar-refractivity contribution >= 4 is 28.7 Å². The van der Waals surface area contributed by atoms with Gasteiger partial charge in [-0.2, -0.15) is 0 Å². The second kappa shape index (κ2) is 11.5. The molecule has 0 fully saturated rings. The summed E-state index contributed by atoms with van der Waals surface area (Å²) in [4.78, 5) is 18.0. The number of hydrogen-bond acceptors (Lipinski definition) is 7. The largest absolute Gasteiger partial charge is 0.497 e. The molecule has 2 aliphatic rings. The number of carbonyl (C=O) groups excluding carboxylic acids is 1. The van der Waals surface area contributed by atoms with Crippen LogP contribution in [0.5, 0.6) is 23.0 Å². The number of methoxy groups -OCH3 is 2. The van der Waals surface area contributed by atoms with Crippen LogP contribution in [0, 0.1) is 6.92 Å². The summed E-state index contributed by atoms with van der Waals surface area (Å²) >= 11 is 0. The van der Waals surface area contributed by atoms with Crippen LogP contribution in [0.25, 0.3) is 0 Å². The summed E-state index contributed by atoms with van der Waals surface area (Å²) in [7, 11) is 3.32. The fourth-order valence-corrected chi connectivity index (χ4v) is 6.71. The van der Waals surface area contributed by atoms with E-state index >= 15 is 0 Å². The molecule has 7 rings (SSSR count). The minimum Gasteiger partial charge on any atom is -0.497 e. The van der Waals surface area contributed by atoms with Gasteiger partial charge in [0.25, 0.3) is 0 Å². The summed E-state index contributed by atoms with van der Waals surface area (Å²) in [5, 5.41) is 0. The van der Waals surface area contributed by atoms with Gasteiger partial charge in [0.15, 0.2) is 5.60 Å². The van der Waals surface area contributed by atoms with Gasteiger partial charge in [-0.3, -0.25) is 0 Å². The van der Waals surface area contributed by atoms with Crippen LogP contribution in [-0.2, 0) is 10.3 Å². The Balaban J connectivity index is 1.48. The molecule has 2 heterocycles. The molecule has 0 N–H and O–H groups in total. The first kappa shape index (κ1) is 29.3. The van der Waals surface area contributed by atoms with Crippen molar-refractivity contribution in [3.05, 3.63) is 131 Å². The van der Waals surface area contributed by atoms with E-state index in [1.165, 1.54) is 0 Å². The molecule has 7 nitrogen and oxygen atoms in total. The minimum absolute atomic E-state index is 0.355. The van der Waals surface area contributed by atoms with E-state index in [1.807, 2.05) is 84.9 Å². The van der Waals surface area contributed by atoms with Crippen molar-refractivity contribution in [2.24, 2.45) is 0 Å². The predicted octanol–water partition coefficient (Wildman–Crippen LogP) is 8.90. The zero-order valence-corrected chi connectivity index (χ0v) is 26.7. The summed E-state index contributed by atoms with van der Waals surface area (Å²) in [6.07, 6.45) is 0. The molecule has 0 saturated heterocycles. The fourth-order valence-electron chi connectivity index (χ4n) is 6.71. The molecule has 1 unspecified atom stereocenters. The Morgan fingerprint density at radius 1 is 0.674 bits per heavy atom. The van der Waals surface area contributed by atoms with Gasteiger partial charge < -0.3 is 28.7 Å². The Morgan fingerprint density at radius 3 is 1.87 bits per heavy atom. The van der Waals surface area contributed by atoms with Gasteiger partial charge in [0.1, 0.15) is 23.0 Å². The molecule has 0 radical (unpaired) electrons. The number of carbonyl (C=O) groups is 1. The number of rotatable bonds is 8. The topological polar surface area (TPSA) is 60.5 Å². The molecule has 0 bridgehead atoms. The van der Waals surface area contributed by atoms with Crippen LogP contribution < -0.4 is 24.0 Å². The number of nitrogens with zero attached hydrogens (tertiary/aromatic N) is 2. The maximum absolute atomic E-state index is 13.6. The Morgan fingerprint density at radius 2 is 1.26 bits per heavy atom. The molecule has 0 aromatic heterocycles. The van der Waals surface area contributed by atoms with Gasteiger partial charge in [-0.15, -0.1) is 0 Å². The zero-order valence-electron chi connectivity index (χ0n) is 26.7. The molecule has 7 heteroatoms. The Kier molecular flexibility index (Phi) is 7.32. The SMILES string of the molecule is CCN(CC)c1ccc2c(c1)Oc1cc(C)c(N(c3ccc(OC)cc3)c3ccc(OC)cc3)cc1C21OC(=O)c2ccccc21. The van der Waals surface area contributed by atoms with E-state index in [9.17, 15) is 4.79 Å². The molecule has 2 aliphatic heterocycles. The molecule has 1 spiro atoms. The predicted molar refractivity (Wildman–Crippen MR) is 181 cm³/mol. The van der Waals surface area contributed by atoms with Gasteiger partial charge in [0, 0.05) is 58.6 Å². The van der Waals surface area contributed by atoms with Crippen LogP contribution in [0.2, 0.25) is 0 Å². The van der Waals surface area contributed by atoms with Crippen LogP contribution >= 0.6 is 0 Å². The second-order valence-electron chi connectivity index (χ2n) is 11.4. The van der Waals surface area contributed by atoms with Crippen LogP contribution in [0.1, 0.15) is 46.5 Å². The number of aryl methyl sites for hydroxylation is 1. The number of esters is 1. The summed E-state index contributed by atoms with van der Waals surface area (Å²) in [5.74, 6) is 2.51. The highest BCUT2D eigenvalue weighted by molar-refractivity contribution is 5.97. The number of anilines is 4. The Hall–Kier alpha value is -5.43. The van der Waals surface area contributed by atoms with Crippen molar-refractivity contribution in [3.8, 4) is 23.0 Å². The third-order valence-corrected chi connectivity index (χ3v) is 9.04. The van der Waals surface area contributed by atoms with Crippen molar-refractivity contribution < 1.29 is 23.7 Å². The van der Waals surface area contributed by atoms with Crippen LogP contribution in [-0.4, -0.2) is 33.3 Å². The molecular formula is C39H36N2O5. The lowest BCUT2D eigenvalue weighted by Gasteiger charge is -2.38. The zero-order chi connectivity index (χ0) is 32.0. The molecule has 1 atom stereocenters.